The molecule has 1 aromatic carbocycles. The van der Waals surface area contributed by atoms with Gasteiger partial charge in [0.1, 0.15) is 0 Å². The third kappa shape index (κ3) is 3.53. The van der Waals surface area contributed by atoms with Crippen LogP contribution in [0.15, 0.2) is 30.3 Å². The Morgan fingerprint density at radius 1 is 1.14 bits per heavy atom. The maximum absolute atomic E-state index is 3.87. The molecule has 4 rings (SSSR count). The first-order valence-corrected chi connectivity index (χ1v) is 9.06. The summed E-state index contributed by atoms with van der Waals surface area (Å²) in [5.41, 5.74) is 2.11. The van der Waals surface area contributed by atoms with Gasteiger partial charge in [-0.3, -0.25) is 0 Å². The molecule has 0 radical (unpaired) electrons. The molecule has 3 heteroatoms. The van der Waals surface area contributed by atoms with Crippen LogP contribution in [0.5, 0.6) is 0 Å². The summed E-state index contributed by atoms with van der Waals surface area (Å²) >= 11 is 0. The van der Waals surface area contributed by atoms with Crippen LogP contribution in [0.3, 0.4) is 0 Å². The van der Waals surface area contributed by atoms with E-state index < -0.39 is 0 Å². The zero-order chi connectivity index (χ0) is 14.8. The number of benzene rings is 1. The van der Waals surface area contributed by atoms with Crippen molar-refractivity contribution in [3.8, 4) is 0 Å². The average molecular weight is 299 g/mol. The van der Waals surface area contributed by atoms with Gasteiger partial charge in [-0.2, -0.15) is 0 Å². The topological polar surface area (TPSA) is 27.3 Å². The fourth-order valence-corrected chi connectivity index (χ4v) is 3.94. The van der Waals surface area contributed by atoms with Crippen molar-refractivity contribution in [2.75, 3.05) is 39.3 Å². The van der Waals surface area contributed by atoms with Crippen molar-refractivity contribution in [1.82, 2.24) is 15.5 Å². The molecule has 2 aliphatic carbocycles. The summed E-state index contributed by atoms with van der Waals surface area (Å²) in [6.45, 7) is 7.42. The maximum atomic E-state index is 3.87. The minimum atomic E-state index is 0.591. The molecule has 3 aliphatic rings. The van der Waals surface area contributed by atoms with E-state index in [9.17, 15) is 0 Å². The molecule has 0 spiro atoms. The van der Waals surface area contributed by atoms with Crippen LogP contribution in [-0.2, 0) is 0 Å². The summed E-state index contributed by atoms with van der Waals surface area (Å²) in [5, 5.41) is 7.38. The fourth-order valence-electron chi connectivity index (χ4n) is 3.94. The second-order valence-corrected chi connectivity index (χ2v) is 7.62. The molecule has 3 fully saturated rings. The number of rotatable bonds is 6. The Balaban J connectivity index is 1.24. The van der Waals surface area contributed by atoms with Crippen molar-refractivity contribution in [2.24, 2.45) is 5.41 Å². The standard InChI is InChI=1S/C19H29N3/c1-2-5-16(6-3-1)17-13-18(17)21-14-19(7-8-19)15-22-11-4-9-20-10-12-22/h1-3,5-6,17-18,20-21H,4,7-15H2/t17-,18+/m0/s1. The minimum absolute atomic E-state index is 0.591. The van der Waals surface area contributed by atoms with E-state index in [-0.39, 0.29) is 0 Å². The second kappa shape index (κ2) is 6.31. The Labute approximate surface area is 134 Å². The summed E-state index contributed by atoms with van der Waals surface area (Å²) in [5.74, 6) is 0.763. The molecule has 2 atom stereocenters. The zero-order valence-corrected chi connectivity index (χ0v) is 13.6. The van der Waals surface area contributed by atoms with Gasteiger partial charge in [-0.15, -0.1) is 0 Å². The van der Waals surface area contributed by atoms with Gasteiger partial charge in [-0.1, -0.05) is 30.3 Å². The summed E-state index contributed by atoms with van der Waals surface area (Å²) in [4.78, 5) is 2.69. The molecule has 0 amide bonds. The van der Waals surface area contributed by atoms with Crippen molar-refractivity contribution in [3.63, 3.8) is 0 Å². The Morgan fingerprint density at radius 2 is 2.00 bits per heavy atom. The van der Waals surface area contributed by atoms with Crippen LogP contribution in [-0.4, -0.2) is 50.2 Å². The quantitative estimate of drug-likeness (QED) is 0.843. The molecule has 2 N–H and O–H groups in total. The Morgan fingerprint density at radius 3 is 2.82 bits per heavy atom. The minimum Gasteiger partial charge on any atom is -0.315 e. The van der Waals surface area contributed by atoms with Crippen LogP contribution in [0.1, 0.15) is 37.2 Å². The lowest BCUT2D eigenvalue weighted by atomic mass is 10.1. The monoisotopic (exact) mass is 299 g/mol. The molecule has 1 heterocycles. The van der Waals surface area contributed by atoms with Gasteiger partial charge >= 0.3 is 0 Å². The number of nitrogens with zero attached hydrogens (tertiary/aromatic N) is 1. The van der Waals surface area contributed by atoms with E-state index in [1.165, 1.54) is 70.5 Å². The lowest BCUT2D eigenvalue weighted by Crippen LogP contribution is -2.38. The Kier molecular flexibility index (Phi) is 4.21. The molecular weight excluding hydrogens is 270 g/mol. The molecule has 0 aromatic heterocycles. The van der Waals surface area contributed by atoms with Crippen LogP contribution >= 0.6 is 0 Å². The van der Waals surface area contributed by atoms with Gasteiger partial charge < -0.3 is 15.5 Å². The summed E-state index contributed by atoms with van der Waals surface area (Å²) < 4.78 is 0. The highest BCUT2D eigenvalue weighted by Crippen LogP contribution is 2.47. The Hall–Kier alpha value is -0.900. The van der Waals surface area contributed by atoms with Gasteiger partial charge in [-0.05, 0) is 49.8 Å². The van der Waals surface area contributed by atoms with Gasteiger partial charge in [0.2, 0.25) is 0 Å². The normalized spacial score (nSPS) is 30.7. The molecule has 120 valence electrons. The third-order valence-corrected chi connectivity index (χ3v) is 5.71. The molecule has 0 bridgehead atoms. The highest BCUT2D eigenvalue weighted by molar-refractivity contribution is 5.27. The first kappa shape index (κ1) is 14.7. The largest absolute Gasteiger partial charge is 0.315 e. The first-order chi connectivity index (χ1) is 10.8. The van der Waals surface area contributed by atoms with Crippen molar-refractivity contribution in [2.45, 2.75) is 37.6 Å². The van der Waals surface area contributed by atoms with E-state index in [2.05, 4.69) is 45.9 Å². The lowest BCUT2D eigenvalue weighted by molar-refractivity contribution is 0.227. The van der Waals surface area contributed by atoms with Crippen LogP contribution in [0, 0.1) is 5.41 Å². The smallest absolute Gasteiger partial charge is 0.0143 e. The van der Waals surface area contributed by atoms with Crippen molar-refractivity contribution < 1.29 is 0 Å². The van der Waals surface area contributed by atoms with Crippen LogP contribution in [0.4, 0.5) is 0 Å². The van der Waals surface area contributed by atoms with Gasteiger partial charge in [0.15, 0.2) is 0 Å². The lowest BCUT2D eigenvalue weighted by Gasteiger charge is -2.26. The van der Waals surface area contributed by atoms with E-state index in [1.807, 2.05) is 0 Å². The number of nitrogens with one attached hydrogen (secondary N) is 2. The van der Waals surface area contributed by atoms with Crippen LogP contribution < -0.4 is 10.6 Å². The van der Waals surface area contributed by atoms with E-state index in [4.69, 9.17) is 0 Å². The Bertz CT molecular complexity index is 475. The van der Waals surface area contributed by atoms with Gasteiger partial charge in [0.05, 0.1) is 0 Å². The van der Waals surface area contributed by atoms with Gasteiger partial charge in [0.25, 0.3) is 0 Å². The molecule has 1 aliphatic heterocycles. The van der Waals surface area contributed by atoms with Crippen LogP contribution in [0.25, 0.3) is 0 Å². The molecule has 22 heavy (non-hydrogen) atoms. The van der Waals surface area contributed by atoms with Gasteiger partial charge in [0, 0.05) is 38.1 Å². The molecule has 2 saturated carbocycles. The van der Waals surface area contributed by atoms with Crippen molar-refractivity contribution in [1.29, 1.82) is 0 Å². The highest BCUT2D eigenvalue weighted by Gasteiger charge is 2.46. The molecule has 1 saturated heterocycles. The fraction of sp³-hybridized carbons (Fsp3) is 0.684. The first-order valence-electron chi connectivity index (χ1n) is 9.06. The predicted molar refractivity (Wildman–Crippen MR) is 91.2 cm³/mol. The maximum Gasteiger partial charge on any atom is 0.0143 e. The zero-order valence-electron chi connectivity index (χ0n) is 13.6. The summed E-state index contributed by atoms with van der Waals surface area (Å²) in [6.07, 6.45) is 5.48. The van der Waals surface area contributed by atoms with Crippen LogP contribution in [0.2, 0.25) is 0 Å². The molecule has 1 aromatic rings. The predicted octanol–water partition coefficient (Wildman–Crippen LogP) is 2.21. The van der Waals surface area contributed by atoms with Crippen molar-refractivity contribution >= 4 is 0 Å². The molecule has 0 unspecified atom stereocenters. The highest BCUT2D eigenvalue weighted by atomic mass is 15.2. The van der Waals surface area contributed by atoms with E-state index in [1.54, 1.807) is 0 Å². The molecule has 3 nitrogen and oxygen atoms in total. The van der Waals surface area contributed by atoms with E-state index in [0.717, 1.165) is 12.0 Å². The average Bonchev–Trinajstić information content (AvgIpc) is 3.44. The molecular formula is C19H29N3. The summed E-state index contributed by atoms with van der Waals surface area (Å²) in [6, 6.07) is 11.7. The van der Waals surface area contributed by atoms with E-state index >= 15 is 0 Å². The van der Waals surface area contributed by atoms with E-state index in [0.29, 0.717) is 5.41 Å². The second-order valence-electron chi connectivity index (χ2n) is 7.62. The number of hydrogen-bond acceptors (Lipinski definition) is 3. The van der Waals surface area contributed by atoms with Crippen molar-refractivity contribution in [3.05, 3.63) is 35.9 Å². The van der Waals surface area contributed by atoms with Gasteiger partial charge in [-0.25, -0.2) is 0 Å². The third-order valence-electron chi connectivity index (χ3n) is 5.71. The number of hydrogen-bond donors (Lipinski definition) is 2. The SMILES string of the molecule is c1ccc([C@@H]2C[C@H]2NCC2(CN3CCCNCC3)CC2)cc1. The summed E-state index contributed by atoms with van der Waals surface area (Å²) in [7, 11) is 0.